The molecule has 0 spiro atoms. The summed E-state index contributed by atoms with van der Waals surface area (Å²) in [4.78, 5) is 11.5. The molecule has 0 aliphatic heterocycles. The Morgan fingerprint density at radius 3 is 2.94 bits per heavy atom. The van der Waals surface area contributed by atoms with Gasteiger partial charge in [0.05, 0.1) is 5.41 Å². The molecular formula is C13H13ClO2. The van der Waals surface area contributed by atoms with Gasteiger partial charge >= 0.3 is 5.97 Å². The van der Waals surface area contributed by atoms with E-state index in [4.69, 9.17) is 11.6 Å². The molecule has 0 aromatic heterocycles. The molecule has 1 N–H and O–H groups in total. The van der Waals surface area contributed by atoms with Crippen molar-refractivity contribution in [2.75, 3.05) is 0 Å². The minimum atomic E-state index is -0.776. The van der Waals surface area contributed by atoms with Gasteiger partial charge in [-0.1, -0.05) is 41.9 Å². The third-order valence-electron chi connectivity index (χ3n) is 3.32. The first kappa shape index (κ1) is 11.2. The molecule has 0 heterocycles. The van der Waals surface area contributed by atoms with Gasteiger partial charge in [0.25, 0.3) is 0 Å². The number of carboxylic acid groups (broad SMARTS) is 1. The largest absolute Gasteiger partial charge is 0.481 e. The molecule has 16 heavy (non-hydrogen) atoms. The maximum Gasteiger partial charge on any atom is 0.314 e. The first-order chi connectivity index (χ1) is 7.70. The Labute approximate surface area is 99.5 Å². The third-order valence-corrected chi connectivity index (χ3v) is 3.50. The minimum Gasteiger partial charge on any atom is -0.481 e. The maximum absolute atomic E-state index is 11.5. The topological polar surface area (TPSA) is 37.3 Å². The van der Waals surface area contributed by atoms with Crippen LogP contribution in [0.4, 0.5) is 0 Å². The highest BCUT2D eigenvalue weighted by Crippen LogP contribution is 2.42. The van der Waals surface area contributed by atoms with Crippen molar-refractivity contribution in [2.45, 2.75) is 24.7 Å². The Hall–Kier alpha value is -1.28. The van der Waals surface area contributed by atoms with Crippen LogP contribution in [0.2, 0.25) is 0 Å². The van der Waals surface area contributed by atoms with Crippen molar-refractivity contribution in [2.24, 2.45) is 0 Å². The van der Waals surface area contributed by atoms with Gasteiger partial charge in [0.2, 0.25) is 0 Å². The lowest BCUT2D eigenvalue weighted by Crippen LogP contribution is -2.32. The average molecular weight is 237 g/mol. The van der Waals surface area contributed by atoms with Gasteiger partial charge in [-0.05, 0) is 30.4 Å². The zero-order chi connectivity index (χ0) is 11.6. The molecule has 1 aromatic carbocycles. The van der Waals surface area contributed by atoms with E-state index in [1.165, 1.54) is 5.54 Å². The highest BCUT2D eigenvalue weighted by Gasteiger charge is 2.44. The van der Waals surface area contributed by atoms with Crippen LogP contribution in [0, 0.1) is 0 Å². The molecule has 84 valence electrons. The van der Waals surface area contributed by atoms with Crippen LogP contribution < -0.4 is 0 Å². The highest BCUT2D eigenvalue weighted by molar-refractivity contribution is 6.25. The summed E-state index contributed by atoms with van der Waals surface area (Å²) in [5.41, 5.74) is 2.71. The fourth-order valence-electron chi connectivity index (χ4n) is 2.46. The third kappa shape index (κ3) is 1.63. The summed E-state index contributed by atoms with van der Waals surface area (Å²) < 4.78 is 0. The lowest BCUT2D eigenvalue weighted by molar-refractivity contribution is -0.143. The van der Waals surface area contributed by atoms with E-state index >= 15 is 0 Å². The number of fused-ring (bicyclic) bond motifs is 1. The summed E-state index contributed by atoms with van der Waals surface area (Å²) in [7, 11) is 0. The Morgan fingerprint density at radius 2 is 2.25 bits per heavy atom. The number of rotatable bonds is 3. The van der Waals surface area contributed by atoms with Crippen LogP contribution in [0.5, 0.6) is 0 Å². The van der Waals surface area contributed by atoms with Crippen LogP contribution in [-0.2, 0) is 16.6 Å². The van der Waals surface area contributed by atoms with E-state index in [-0.39, 0.29) is 0 Å². The second kappa shape index (κ2) is 4.30. The van der Waals surface area contributed by atoms with E-state index in [2.05, 4.69) is 0 Å². The first-order valence-corrected chi connectivity index (χ1v) is 5.71. The molecule has 0 fully saturated rings. The molecule has 0 radical (unpaired) electrons. The summed E-state index contributed by atoms with van der Waals surface area (Å²) in [5, 5.41) is 9.46. The van der Waals surface area contributed by atoms with Crippen molar-refractivity contribution in [3.05, 3.63) is 47.0 Å². The molecule has 0 bridgehead atoms. The number of hydrogen-bond acceptors (Lipinski definition) is 1. The predicted molar refractivity (Wildman–Crippen MR) is 63.7 cm³/mol. The molecule has 1 aliphatic rings. The zero-order valence-corrected chi connectivity index (χ0v) is 9.57. The highest BCUT2D eigenvalue weighted by atomic mass is 35.5. The normalized spacial score (nSPS) is 23.6. The van der Waals surface area contributed by atoms with E-state index in [1.54, 1.807) is 6.08 Å². The monoisotopic (exact) mass is 236 g/mol. The van der Waals surface area contributed by atoms with Crippen molar-refractivity contribution in [3.8, 4) is 0 Å². The molecule has 0 saturated carbocycles. The average Bonchev–Trinajstić information content (AvgIpc) is 2.67. The first-order valence-electron chi connectivity index (χ1n) is 5.28. The summed E-state index contributed by atoms with van der Waals surface area (Å²) in [6, 6.07) is 7.77. The molecule has 1 aliphatic carbocycles. The molecular weight excluding hydrogens is 224 g/mol. The van der Waals surface area contributed by atoms with Gasteiger partial charge in [0, 0.05) is 5.54 Å². The predicted octanol–water partition coefficient (Wildman–Crippen LogP) is 3.10. The van der Waals surface area contributed by atoms with Gasteiger partial charge in [-0.25, -0.2) is 0 Å². The van der Waals surface area contributed by atoms with Gasteiger partial charge in [-0.15, -0.1) is 0 Å². The summed E-state index contributed by atoms with van der Waals surface area (Å²) in [6.07, 6.45) is 3.67. The number of carbonyl (C=O) groups is 1. The SMILES string of the molecule is O=C(O)C1(C/C=C/Cl)CCc2ccccc21. The fraction of sp³-hybridized carbons (Fsp3) is 0.308. The molecule has 1 atom stereocenters. The number of aryl methyl sites for hydroxylation is 1. The van der Waals surface area contributed by atoms with Gasteiger partial charge in [0.1, 0.15) is 0 Å². The van der Waals surface area contributed by atoms with Crippen LogP contribution in [0.15, 0.2) is 35.9 Å². The number of allylic oxidation sites excluding steroid dienone is 1. The quantitative estimate of drug-likeness (QED) is 0.876. The molecule has 1 aromatic rings. The fourth-order valence-corrected chi connectivity index (χ4v) is 2.54. The van der Waals surface area contributed by atoms with Gasteiger partial charge in [0.15, 0.2) is 0 Å². The minimum absolute atomic E-state index is 0.461. The van der Waals surface area contributed by atoms with Crippen LogP contribution in [0.1, 0.15) is 24.0 Å². The van der Waals surface area contributed by atoms with E-state index < -0.39 is 11.4 Å². The van der Waals surface area contributed by atoms with Crippen molar-refractivity contribution >= 4 is 17.6 Å². The van der Waals surface area contributed by atoms with Crippen molar-refractivity contribution in [3.63, 3.8) is 0 Å². The lowest BCUT2D eigenvalue weighted by atomic mass is 9.79. The smallest absolute Gasteiger partial charge is 0.314 e. The van der Waals surface area contributed by atoms with E-state index in [9.17, 15) is 9.90 Å². The van der Waals surface area contributed by atoms with Gasteiger partial charge in [-0.3, -0.25) is 4.79 Å². The molecule has 0 amide bonds. The Balaban J connectivity index is 2.47. The van der Waals surface area contributed by atoms with Crippen molar-refractivity contribution in [1.82, 2.24) is 0 Å². The van der Waals surface area contributed by atoms with Crippen LogP contribution in [0.25, 0.3) is 0 Å². The second-order valence-corrected chi connectivity index (χ2v) is 4.36. The molecule has 2 rings (SSSR count). The van der Waals surface area contributed by atoms with Gasteiger partial charge in [-0.2, -0.15) is 0 Å². The van der Waals surface area contributed by atoms with Crippen LogP contribution >= 0.6 is 11.6 Å². The number of halogens is 1. The van der Waals surface area contributed by atoms with E-state index in [0.717, 1.165) is 17.5 Å². The van der Waals surface area contributed by atoms with Gasteiger partial charge < -0.3 is 5.11 Å². The number of hydrogen-bond donors (Lipinski definition) is 1. The van der Waals surface area contributed by atoms with Crippen LogP contribution in [0.3, 0.4) is 0 Å². The van der Waals surface area contributed by atoms with Crippen molar-refractivity contribution in [1.29, 1.82) is 0 Å². The van der Waals surface area contributed by atoms with Crippen LogP contribution in [-0.4, -0.2) is 11.1 Å². The van der Waals surface area contributed by atoms with E-state index in [0.29, 0.717) is 12.8 Å². The number of carboxylic acids is 1. The Bertz CT molecular complexity index is 439. The maximum atomic E-state index is 11.5. The zero-order valence-electron chi connectivity index (χ0n) is 8.82. The second-order valence-electron chi connectivity index (χ2n) is 4.11. The molecule has 2 nitrogen and oxygen atoms in total. The summed E-state index contributed by atoms with van der Waals surface area (Å²) in [5.74, 6) is -0.757. The molecule has 0 saturated heterocycles. The van der Waals surface area contributed by atoms with Crippen molar-refractivity contribution < 1.29 is 9.90 Å². The molecule has 3 heteroatoms. The molecule has 1 unspecified atom stereocenters. The lowest BCUT2D eigenvalue weighted by Gasteiger charge is -2.23. The standard InChI is InChI=1S/C13H13ClO2/c14-9-3-7-13(12(15)16)8-6-10-4-1-2-5-11(10)13/h1-5,9H,6-8H2,(H,15,16)/b9-3+. The summed E-state index contributed by atoms with van der Waals surface area (Å²) >= 11 is 5.50. The number of aliphatic carboxylic acids is 1. The number of benzene rings is 1. The Kier molecular flexibility index (Phi) is 3.01. The Morgan fingerprint density at radius 1 is 1.50 bits per heavy atom. The summed E-state index contributed by atoms with van der Waals surface area (Å²) in [6.45, 7) is 0. The van der Waals surface area contributed by atoms with E-state index in [1.807, 2.05) is 24.3 Å².